The Bertz CT molecular complexity index is 1280. The Morgan fingerprint density at radius 1 is 1.22 bits per heavy atom. The van der Waals surface area contributed by atoms with E-state index in [9.17, 15) is 13.6 Å². The van der Waals surface area contributed by atoms with Gasteiger partial charge in [-0.1, -0.05) is 6.07 Å². The molecule has 4 aliphatic rings. The average molecular weight is 442 g/mol. The van der Waals surface area contributed by atoms with E-state index >= 15 is 0 Å². The lowest BCUT2D eigenvalue weighted by molar-refractivity contribution is -0.0214. The molecule has 0 spiro atoms. The highest BCUT2D eigenvalue weighted by Gasteiger charge is 2.61. The van der Waals surface area contributed by atoms with Crippen molar-refractivity contribution in [2.45, 2.75) is 36.7 Å². The van der Waals surface area contributed by atoms with Crippen molar-refractivity contribution < 1.29 is 27.8 Å². The molecule has 2 saturated heterocycles. The SMILES string of the molecule is COc1nc(NC(=O)c2cccc3c2OCC3(F)F)cn2cc(C34COC(C)(C3)C4)nc12. The van der Waals surface area contributed by atoms with Crippen molar-refractivity contribution >= 4 is 17.4 Å². The first-order chi connectivity index (χ1) is 15.2. The third kappa shape index (κ3) is 2.65. The molecule has 1 aliphatic carbocycles. The number of ether oxygens (including phenoxy) is 3. The highest BCUT2D eigenvalue weighted by Crippen LogP contribution is 2.58. The molecule has 0 radical (unpaired) electrons. The van der Waals surface area contributed by atoms with Crippen LogP contribution in [0.25, 0.3) is 5.65 Å². The van der Waals surface area contributed by atoms with Crippen molar-refractivity contribution in [2.75, 3.05) is 25.6 Å². The summed E-state index contributed by atoms with van der Waals surface area (Å²) in [5.41, 5.74) is 0.958. The van der Waals surface area contributed by atoms with Crippen molar-refractivity contribution in [1.82, 2.24) is 14.4 Å². The summed E-state index contributed by atoms with van der Waals surface area (Å²) in [6, 6.07) is 4.11. The molecular weight excluding hydrogens is 422 g/mol. The Balaban J connectivity index is 1.33. The molecule has 1 amide bonds. The first kappa shape index (κ1) is 19.4. The number of hydrogen-bond donors (Lipinski definition) is 1. The molecule has 10 heteroatoms. The summed E-state index contributed by atoms with van der Waals surface area (Å²) in [4.78, 5) is 21.9. The molecule has 3 aromatic rings. The van der Waals surface area contributed by atoms with E-state index < -0.39 is 18.4 Å². The molecule has 1 saturated carbocycles. The average Bonchev–Trinajstić information content (AvgIpc) is 3.47. The highest BCUT2D eigenvalue weighted by molar-refractivity contribution is 6.06. The fourth-order valence-electron chi connectivity index (χ4n) is 5.16. The second-order valence-corrected chi connectivity index (χ2v) is 8.99. The number of methoxy groups -OCH3 is 1. The number of hydrogen-bond acceptors (Lipinski definition) is 6. The standard InChI is InChI=1S/C22H20F2N4O4/c1-20-8-21(9-20,10-32-20)14-6-28-7-15(27-19(30-2)17(28)25-14)26-18(29)12-4-3-5-13-16(12)31-11-22(13,23)24/h3-7H,8-11H2,1-2H3,(H,26,29). The Morgan fingerprint density at radius 2 is 2.03 bits per heavy atom. The van der Waals surface area contributed by atoms with E-state index in [4.69, 9.17) is 19.2 Å². The van der Waals surface area contributed by atoms with Gasteiger partial charge in [-0.15, -0.1) is 0 Å². The Labute approximate surface area is 181 Å². The number of nitrogens with one attached hydrogen (secondary N) is 1. The van der Waals surface area contributed by atoms with Crippen LogP contribution in [0.4, 0.5) is 14.6 Å². The quantitative estimate of drug-likeness (QED) is 0.667. The minimum Gasteiger partial charge on any atom is -0.486 e. The van der Waals surface area contributed by atoms with Crippen LogP contribution in [0.5, 0.6) is 11.6 Å². The first-order valence-corrected chi connectivity index (χ1v) is 10.3. The summed E-state index contributed by atoms with van der Waals surface area (Å²) in [5, 5.41) is 2.66. The Hall–Kier alpha value is -3.27. The van der Waals surface area contributed by atoms with Gasteiger partial charge in [0.15, 0.2) is 12.4 Å². The molecule has 5 heterocycles. The van der Waals surface area contributed by atoms with Crippen molar-refractivity contribution in [1.29, 1.82) is 0 Å². The van der Waals surface area contributed by atoms with Crippen LogP contribution in [-0.4, -0.2) is 46.2 Å². The number of amides is 1. The van der Waals surface area contributed by atoms with Crippen LogP contribution in [0, 0.1) is 0 Å². The second kappa shape index (κ2) is 6.16. The van der Waals surface area contributed by atoms with E-state index in [1.54, 1.807) is 10.6 Å². The van der Waals surface area contributed by atoms with Crippen LogP contribution in [0.15, 0.2) is 30.6 Å². The number of fused-ring (bicyclic) bond motifs is 3. The maximum atomic E-state index is 14.0. The zero-order chi connectivity index (χ0) is 22.3. The smallest absolute Gasteiger partial charge is 0.310 e. The number of rotatable bonds is 4. The maximum absolute atomic E-state index is 14.0. The fourth-order valence-corrected chi connectivity index (χ4v) is 5.16. The van der Waals surface area contributed by atoms with Crippen LogP contribution < -0.4 is 14.8 Å². The van der Waals surface area contributed by atoms with Gasteiger partial charge in [0.25, 0.3) is 11.8 Å². The molecule has 1 aromatic carbocycles. The number of aromatic nitrogens is 3. The summed E-state index contributed by atoms with van der Waals surface area (Å²) in [7, 11) is 1.47. The van der Waals surface area contributed by atoms with Gasteiger partial charge in [0.1, 0.15) is 5.75 Å². The molecular formula is C22H20F2N4O4. The number of benzene rings is 1. The van der Waals surface area contributed by atoms with Gasteiger partial charge in [-0.2, -0.15) is 13.8 Å². The summed E-state index contributed by atoms with van der Waals surface area (Å²) in [5.74, 6) is -3.40. The van der Waals surface area contributed by atoms with Crippen LogP contribution in [0.1, 0.15) is 41.4 Å². The minimum absolute atomic E-state index is 0.0163. The van der Waals surface area contributed by atoms with Gasteiger partial charge in [0.05, 0.1) is 42.3 Å². The maximum Gasteiger partial charge on any atom is 0.310 e. The topological polar surface area (TPSA) is 87.0 Å². The number of imidazole rings is 1. The van der Waals surface area contributed by atoms with Crippen molar-refractivity contribution in [3.05, 3.63) is 47.4 Å². The molecule has 0 atom stereocenters. The number of carbonyl (C=O) groups is 1. The van der Waals surface area contributed by atoms with Crippen LogP contribution >= 0.6 is 0 Å². The van der Waals surface area contributed by atoms with E-state index in [2.05, 4.69) is 17.2 Å². The van der Waals surface area contributed by atoms with Gasteiger partial charge in [0, 0.05) is 11.6 Å². The third-order valence-electron chi connectivity index (χ3n) is 6.56. The zero-order valence-electron chi connectivity index (χ0n) is 17.4. The van der Waals surface area contributed by atoms with E-state index in [-0.39, 0.29) is 39.6 Å². The molecule has 166 valence electrons. The van der Waals surface area contributed by atoms with Gasteiger partial charge in [-0.3, -0.25) is 9.20 Å². The van der Waals surface area contributed by atoms with Gasteiger partial charge in [-0.05, 0) is 31.9 Å². The lowest BCUT2D eigenvalue weighted by Crippen LogP contribution is -2.45. The first-order valence-electron chi connectivity index (χ1n) is 10.3. The van der Waals surface area contributed by atoms with Crippen molar-refractivity contribution in [3.8, 4) is 11.6 Å². The summed E-state index contributed by atoms with van der Waals surface area (Å²) in [6.07, 6.45) is 5.34. The largest absolute Gasteiger partial charge is 0.486 e. The molecule has 2 bridgehead atoms. The molecule has 3 fully saturated rings. The predicted octanol–water partition coefficient (Wildman–Crippen LogP) is 3.29. The predicted molar refractivity (Wildman–Crippen MR) is 109 cm³/mol. The van der Waals surface area contributed by atoms with E-state index in [0.717, 1.165) is 18.5 Å². The third-order valence-corrected chi connectivity index (χ3v) is 6.56. The summed E-state index contributed by atoms with van der Waals surface area (Å²) >= 11 is 0. The number of nitrogens with zero attached hydrogens (tertiary/aromatic N) is 3. The van der Waals surface area contributed by atoms with E-state index in [1.165, 1.54) is 25.3 Å². The highest BCUT2D eigenvalue weighted by atomic mass is 19.3. The Kier molecular flexibility index (Phi) is 3.74. The molecule has 1 N–H and O–H groups in total. The minimum atomic E-state index is -3.12. The van der Waals surface area contributed by atoms with Gasteiger partial charge < -0.3 is 19.5 Å². The van der Waals surface area contributed by atoms with E-state index in [0.29, 0.717) is 12.3 Å². The molecule has 8 nitrogen and oxygen atoms in total. The normalized spacial score (nSPS) is 27.0. The Morgan fingerprint density at radius 3 is 2.75 bits per heavy atom. The van der Waals surface area contributed by atoms with Crippen LogP contribution in [0.3, 0.4) is 0 Å². The lowest BCUT2D eigenvalue weighted by atomic mass is 9.62. The number of anilines is 1. The number of para-hydroxylation sites is 1. The molecule has 0 unspecified atom stereocenters. The number of alkyl halides is 2. The van der Waals surface area contributed by atoms with Gasteiger partial charge in [-0.25, -0.2) is 4.98 Å². The van der Waals surface area contributed by atoms with Crippen LogP contribution in [-0.2, 0) is 16.1 Å². The lowest BCUT2D eigenvalue weighted by Gasteiger charge is -2.41. The molecule has 2 aromatic heterocycles. The second-order valence-electron chi connectivity index (χ2n) is 8.99. The molecule has 3 aliphatic heterocycles. The fraction of sp³-hybridized carbons (Fsp3) is 0.409. The van der Waals surface area contributed by atoms with Gasteiger partial charge >= 0.3 is 5.92 Å². The monoisotopic (exact) mass is 442 g/mol. The van der Waals surface area contributed by atoms with Crippen LogP contribution in [0.2, 0.25) is 0 Å². The summed E-state index contributed by atoms with van der Waals surface area (Å²) in [6.45, 7) is 1.94. The summed E-state index contributed by atoms with van der Waals surface area (Å²) < 4.78 is 46.1. The molecule has 7 rings (SSSR count). The van der Waals surface area contributed by atoms with Gasteiger partial charge in [0.2, 0.25) is 5.65 Å². The van der Waals surface area contributed by atoms with Crippen molar-refractivity contribution in [3.63, 3.8) is 0 Å². The number of halogens is 2. The van der Waals surface area contributed by atoms with E-state index in [1.807, 2.05) is 6.20 Å². The van der Waals surface area contributed by atoms with Crippen molar-refractivity contribution in [2.24, 2.45) is 0 Å². The number of carbonyl (C=O) groups excluding carboxylic acids is 1. The molecule has 32 heavy (non-hydrogen) atoms. The zero-order valence-corrected chi connectivity index (χ0v) is 17.4.